The number of allylic oxidation sites excluding steroid dienone is 2. The predicted octanol–water partition coefficient (Wildman–Crippen LogP) is 1.38. The van der Waals surface area contributed by atoms with Crippen molar-refractivity contribution in [2.24, 2.45) is 4.99 Å². The van der Waals surface area contributed by atoms with Crippen molar-refractivity contribution in [1.82, 2.24) is 9.97 Å². The molecule has 62 valence electrons. The zero-order valence-electron chi connectivity index (χ0n) is 6.94. The quantitative estimate of drug-likeness (QED) is 0.588. The minimum atomic E-state index is 0.856. The van der Waals surface area contributed by atoms with Gasteiger partial charge in [-0.2, -0.15) is 0 Å². The van der Waals surface area contributed by atoms with Crippen LogP contribution in [0.15, 0.2) is 35.4 Å². The second-order valence-electron chi connectivity index (χ2n) is 3.10. The standard InChI is InChI=1S/C10H7N3/c1-2-12-9-4-8-5-11-6-13-10(8)3-7(1)9/h1-3,5-6H,4H2. The van der Waals surface area contributed by atoms with E-state index in [0.717, 1.165) is 23.4 Å². The van der Waals surface area contributed by atoms with Crippen LogP contribution in [0, 0.1) is 0 Å². The summed E-state index contributed by atoms with van der Waals surface area (Å²) in [4.78, 5) is 12.5. The van der Waals surface area contributed by atoms with Crippen LogP contribution in [0.3, 0.4) is 0 Å². The van der Waals surface area contributed by atoms with Gasteiger partial charge in [0.1, 0.15) is 6.33 Å². The highest BCUT2D eigenvalue weighted by Gasteiger charge is 2.17. The molecule has 1 aliphatic carbocycles. The number of hydrogen-bond acceptors (Lipinski definition) is 3. The topological polar surface area (TPSA) is 38.1 Å². The highest BCUT2D eigenvalue weighted by molar-refractivity contribution is 6.11. The van der Waals surface area contributed by atoms with E-state index in [1.807, 2.05) is 18.5 Å². The van der Waals surface area contributed by atoms with Gasteiger partial charge < -0.3 is 0 Å². The lowest BCUT2D eigenvalue weighted by molar-refractivity contribution is 1.08. The second kappa shape index (κ2) is 2.36. The molecule has 2 aliphatic rings. The molecule has 0 spiro atoms. The Balaban J connectivity index is 2.21. The molecule has 0 saturated carbocycles. The van der Waals surface area contributed by atoms with E-state index in [1.165, 1.54) is 5.57 Å². The summed E-state index contributed by atoms with van der Waals surface area (Å²) in [6.07, 6.45) is 10.2. The first-order chi connectivity index (χ1) is 6.43. The smallest absolute Gasteiger partial charge is 0.116 e. The van der Waals surface area contributed by atoms with Crippen LogP contribution in [0.5, 0.6) is 0 Å². The zero-order chi connectivity index (χ0) is 8.67. The first-order valence-electron chi connectivity index (χ1n) is 4.18. The molecule has 3 nitrogen and oxygen atoms in total. The average molecular weight is 169 g/mol. The maximum absolute atomic E-state index is 4.27. The lowest BCUT2D eigenvalue weighted by Crippen LogP contribution is -2.10. The number of nitrogens with zero attached hydrogens (tertiary/aromatic N) is 3. The fourth-order valence-electron chi connectivity index (χ4n) is 1.62. The van der Waals surface area contributed by atoms with E-state index in [-0.39, 0.29) is 0 Å². The summed E-state index contributed by atoms with van der Waals surface area (Å²) in [6.45, 7) is 0. The summed E-state index contributed by atoms with van der Waals surface area (Å²) in [5.74, 6) is 0. The lowest BCUT2D eigenvalue weighted by Gasteiger charge is -2.11. The molecule has 0 atom stereocenters. The third-order valence-electron chi connectivity index (χ3n) is 2.29. The Hall–Kier alpha value is -1.77. The summed E-state index contributed by atoms with van der Waals surface area (Å²) < 4.78 is 0. The van der Waals surface area contributed by atoms with Gasteiger partial charge in [0.25, 0.3) is 0 Å². The van der Waals surface area contributed by atoms with Gasteiger partial charge in [0.15, 0.2) is 0 Å². The average Bonchev–Trinajstić information content (AvgIpc) is 2.61. The van der Waals surface area contributed by atoms with Crippen molar-refractivity contribution < 1.29 is 0 Å². The minimum absolute atomic E-state index is 0.856. The second-order valence-corrected chi connectivity index (χ2v) is 3.10. The molecule has 0 radical (unpaired) electrons. The SMILES string of the molecule is C1=CC2=Cc3ncncc3CC2=N1. The Morgan fingerprint density at radius 1 is 1.31 bits per heavy atom. The van der Waals surface area contributed by atoms with Crippen LogP contribution in [0.1, 0.15) is 11.3 Å². The van der Waals surface area contributed by atoms with Gasteiger partial charge in [0.05, 0.1) is 11.4 Å². The third kappa shape index (κ3) is 0.935. The van der Waals surface area contributed by atoms with Crippen LogP contribution in [0.2, 0.25) is 0 Å². The Labute approximate surface area is 75.6 Å². The molecule has 13 heavy (non-hydrogen) atoms. The van der Waals surface area contributed by atoms with Crippen molar-refractivity contribution in [1.29, 1.82) is 0 Å². The van der Waals surface area contributed by atoms with Gasteiger partial charge in [-0.05, 0) is 17.7 Å². The van der Waals surface area contributed by atoms with Crippen molar-refractivity contribution in [2.45, 2.75) is 6.42 Å². The van der Waals surface area contributed by atoms with Crippen molar-refractivity contribution in [3.63, 3.8) is 0 Å². The van der Waals surface area contributed by atoms with E-state index >= 15 is 0 Å². The van der Waals surface area contributed by atoms with E-state index in [1.54, 1.807) is 6.33 Å². The Morgan fingerprint density at radius 2 is 2.31 bits per heavy atom. The van der Waals surface area contributed by atoms with E-state index in [2.05, 4.69) is 21.0 Å². The first kappa shape index (κ1) is 6.71. The highest BCUT2D eigenvalue weighted by Crippen LogP contribution is 2.23. The maximum Gasteiger partial charge on any atom is 0.116 e. The fraction of sp³-hybridized carbons (Fsp3) is 0.100. The molecule has 0 unspecified atom stereocenters. The summed E-state index contributed by atoms with van der Waals surface area (Å²) >= 11 is 0. The van der Waals surface area contributed by atoms with Crippen LogP contribution in [-0.4, -0.2) is 15.7 Å². The molecule has 3 rings (SSSR count). The van der Waals surface area contributed by atoms with Crippen molar-refractivity contribution >= 4 is 11.8 Å². The molecular formula is C10H7N3. The van der Waals surface area contributed by atoms with Crippen molar-refractivity contribution in [3.05, 3.63) is 41.6 Å². The van der Waals surface area contributed by atoms with E-state index in [4.69, 9.17) is 0 Å². The Kier molecular flexibility index (Phi) is 1.22. The van der Waals surface area contributed by atoms with E-state index < -0.39 is 0 Å². The number of rotatable bonds is 0. The molecule has 3 heteroatoms. The molecule has 0 N–H and O–H groups in total. The highest BCUT2D eigenvalue weighted by atomic mass is 14.8. The van der Waals surface area contributed by atoms with Crippen molar-refractivity contribution in [2.75, 3.05) is 0 Å². The summed E-state index contributed by atoms with van der Waals surface area (Å²) in [7, 11) is 0. The van der Waals surface area contributed by atoms with E-state index in [0.29, 0.717) is 0 Å². The molecule has 1 aromatic rings. The van der Waals surface area contributed by atoms with Crippen LogP contribution >= 0.6 is 0 Å². The van der Waals surface area contributed by atoms with Crippen LogP contribution in [-0.2, 0) is 6.42 Å². The molecule has 0 saturated heterocycles. The Bertz CT molecular complexity index is 455. The predicted molar refractivity (Wildman–Crippen MR) is 50.3 cm³/mol. The molecule has 1 aromatic heterocycles. The van der Waals surface area contributed by atoms with Crippen molar-refractivity contribution in [3.8, 4) is 0 Å². The third-order valence-corrected chi connectivity index (χ3v) is 2.29. The van der Waals surface area contributed by atoms with Crippen LogP contribution in [0.4, 0.5) is 0 Å². The number of aliphatic imine (C=N–C) groups is 1. The van der Waals surface area contributed by atoms with Gasteiger partial charge in [-0.15, -0.1) is 0 Å². The molecule has 0 fully saturated rings. The first-order valence-corrected chi connectivity index (χ1v) is 4.18. The van der Waals surface area contributed by atoms with Gasteiger partial charge >= 0.3 is 0 Å². The molecule has 1 aliphatic heterocycles. The van der Waals surface area contributed by atoms with Crippen LogP contribution in [0.25, 0.3) is 6.08 Å². The summed E-state index contributed by atoms with van der Waals surface area (Å²) in [5.41, 5.74) is 4.50. The monoisotopic (exact) mass is 169 g/mol. The van der Waals surface area contributed by atoms with Gasteiger partial charge in [0.2, 0.25) is 0 Å². The number of aromatic nitrogens is 2. The summed E-state index contributed by atoms with van der Waals surface area (Å²) in [5, 5.41) is 0. The maximum atomic E-state index is 4.27. The Morgan fingerprint density at radius 3 is 3.31 bits per heavy atom. The molecule has 0 bridgehead atoms. The zero-order valence-corrected chi connectivity index (χ0v) is 6.94. The van der Waals surface area contributed by atoms with Crippen LogP contribution < -0.4 is 0 Å². The normalized spacial score (nSPS) is 17.5. The number of hydrogen-bond donors (Lipinski definition) is 0. The van der Waals surface area contributed by atoms with Gasteiger partial charge in [-0.3, -0.25) is 4.99 Å². The molecular weight excluding hydrogens is 162 g/mol. The minimum Gasteiger partial charge on any atom is -0.260 e. The van der Waals surface area contributed by atoms with Gasteiger partial charge in [-0.25, -0.2) is 9.97 Å². The molecule has 0 aromatic carbocycles. The van der Waals surface area contributed by atoms with Gasteiger partial charge in [0, 0.05) is 24.4 Å². The summed E-state index contributed by atoms with van der Waals surface area (Å²) in [6, 6.07) is 0. The molecule has 0 amide bonds. The molecule has 2 heterocycles. The number of fused-ring (bicyclic) bond motifs is 2. The van der Waals surface area contributed by atoms with Gasteiger partial charge in [-0.1, -0.05) is 0 Å². The lowest BCUT2D eigenvalue weighted by atomic mass is 9.96. The van der Waals surface area contributed by atoms with E-state index in [9.17, 15) is 0 Å². The fourth-order valence-corrected chi connectivity index (χ4v) is 1.62. The largest absolute Gasteiger partial charge is 0.260 e.